The van der Waals surface area contributed by atoms with E-state index in [9.17, 15) is 26.7 Å². The van der Waals surface area contributed by atoms with E-state index in [-0.39, 0.29) is 26.4 Å². The van der Waals surface area contributed by atoms with Crippen molar-refractivity contribution in [2.45, 2.75) is 6.42 Å². The average molecular weight is 807 g/mol. The van der Waals surface area contributed by atoms with Gasteiger partial charge in [0.2, 0.25) is 34.8 Å². The summed E-state index contributed by atoms with van der Waals surface area (Å²) in [5.74, 6) is -14.1. The largest absolute Gasteiger partial charge is 0.420 e. The molecule has 0 aromatic heterocycles. The van der Waals surface area contributed by atoms with Crippen molar-refractivity contribution < 1.29 is 78.9 Å². The van der Waals surface area contributed by atoms with Crippen molar-refractivity contribution in [3.63, 3.8) is 0 Å². The highest BCUT2D eigenvalue weighted by Gasteiger charge is 2.28. The van der Waals surface area contributed by atoms with Gasteiger partial charge in [0.15, 0.2) is 0 Å². The Morgan fingerprint density at radius 1 is 0.383 bits per heavy atom. The van der Waals surface area contributed by atoms with Gasteiger partial charge in [-0.3, -0.25) is 4.79 Å². The summed E-state index contributed by atoms with van der Waals surface area (Å²) >= 11 is 2.26. The number of halogens is 6. The fourth-order valence-electron chi connectivity index (χ4n) is 3.13. The van der Waals surface area contributed by atoms with Crippen LogP contribution in [0.25, 0.3) is 0 Å². The molecule has 12 nitrogen and oxygen atoms in total. The van der Waals surface area contributed by atoms with Crippen molar-refractivity contribution in [2.75, 3.05) is 137 Å². The Morgan fingerprint density at radius 3 is 0.894 bits per heavy atom. The molecule has 0 atom stereocenters. The summed E-state index contributed by atoms with van der Waals surface area (Å²) in [5.41, 5.74) is 0. The number of alkyl halides is 1. The van der Waals surface area contributed by atoms with Crippen molar-refractivity contribution in [3.8, 4) is 5.75 Å². The molecule has 0 fully saturated rings. The third-order valence-electron chi connectivity index (χ3n) is 5.41. The predicted octanol–water partition coefficient (Wildman–Crippen LogP) is 3.28. The lowest BCUT2D eigenvalue weighted by Gasteiger charge is -2.09. The normalized spacial score (nSPS) is 11.4. The monoisotopic (exact) mass is 806 g/mol. The Morgan fingerprint density at radius 2 is 0.617 bits per heavy atom. The highest BCUT2D eigenvalue weighted by atomic mass is 127. The molecule has 1 aromatic rings. The third-order valence-corrected chi connectivity index (χ3v) is 5.85. The molecule has 0 heterocycles. The standard InChI is InChI=1S/C29H44F5IO12/c30-24-25(31)27(33)29(28(34)26(24)32)47-23(36)1-3-37-5-7-39-9-11-41-13-15-43-17-19-45-21-22-46-20-18-44-16-14-42-12-10-40-8-6-38-4-2-35/h1-22H2. The van der Waals surface area contributed by atoms with E-state index >= 15 is 0 Å². The zero-order valence-electron chi connectivity index (χ0n) is 26.2. The van der Waals surface area contributed by atoms with Crippen molar-refractivity contribution in [1.82, 2.24) is 0 Å². The van der Waals surface area contributed by atoms with Crippen LogP contribution in [0.3, 0.4) is 0 Å². The van der Waals surface area contributed by atoms with E-state index < -0.39 is 47.2 Å². The molecule has 47 heavy (non-hydrogen) atoms. The molecule has 0 aliphatic carbocycles. The van der Waals surface area contributed by atoms with E-state index in [4.69, 9.17) is 47.4 Å². The van der Waals surface area contributed by atoms with Crippen LogP contribution in [0.5, 0.6) is 5.75 Å². The predicted molar refractivity (Wildman–Crippen MR) is 164 cm³/mol. The second-order valence-corrected chi connectivity index (χ2v) is 10.0. The maximum atomic E-state index is 13.5. The fraction of sp³-hybridized carbons (Fsp3) is 0.759. The molecule has 0 aliphatic rings. The minimum absolute atomic E-state index is 0.0835. The van der Waals surface area contributed by atoms with Gasteiger partial charge >= 0.3 is 5.97 Å². The minimum Gasteiger partial charge on any atom is -0.420 e. The zero-order valence-corrected chi connectivity index (χ0v) is 28.4. The molecule has 0 bridgehead atoms. The highest BCUT2D eigenvalue weighted by molar-refractivity contribution is 14.1. The smallest absolute Gasteiger partial charge is 0.313 e. The molecule has 0 unspecified atom stereocenters. The van der Waals surface area contributed by atoms with Gasteiger partial charge in [-0.2, -0.15) is 8.78 Å². The molecule has 0 amide bonds. The molecule has 0 radical (unpaired) electrons. The number of esters is 1. The summed E-state index contributed by atoms with van der Waals surface area (Å²) in [5, 5.41) is 0. The molecule has 0 N–H and O–H groups in total. The van der Waals surface area contributed by atoms with Gasteiger partial charge in [0.05, 0.1) is 139 Å². The lowest BCUT2D eigenvalue weighted by atomic mass is 10.2. The lowest BCUT2D eigenvalue weighted by Crippen LogP contribution is -2.16. The maximum Gasteiger partial charge on any atom is 0.313 e. The number of rotatable bonds is 33. The van der Waals surface area contributed by atoms with Gasteiger partial charge in [-0.15, -0.1) is 0 Å². The van der Waals surface area contributed by atoms with Crippen LogP contribution in [0.4, 0.5) is 22.0 Å². The van der Waals surface area contributed by atoms with E-state index in [2.05, 4.69) is 27.3 Å². The van der Waals surface area contributed by atoms with Crippen LogP contribution < -0.4 is 4.74 Å². The zero-order chi connectivity index (χ0) is 34.4. The Bertz CT molecular complexity index is 909. The second kappa shape index (κ2) is 30.7. The first-order chi connectivity index (χ1) is 22.9. The molecule has 274 valence electrons. The first-order valence-electron chi connectivity index (χ1n) is 15.0. The van der Waals surface area contributed by atoms with Crippen molar-refractivity contribution in [1.29, 1.82) is 0 Å². The van der Waals surface area contributed by atoms with Gasteiger partial charge in [0.1, 0.15) is 0 Å². The first kappa shape index (κ1) is 43.7. The number of carbonyl (C=O) groups excluding carboxylic acids is 1. The summed E-state index contributed by atoms with van der Waals surface area (Å²) in [4.78, 5) is 11.6. The molecule has 0 aliphatic heterocycles. The van der Waals surface area contributed by atoms with E-state index in [1.807, 2.05) is 0 Å². The number of ether oxygens (including phenoxy) is 11. The van der Waals surface area contributed by atoms with Crippen molar-refractivity contribution >= 4 is 28.6 Å². The van der Waals surface area contributed by atoms with Gasteiger partial charge in [-0.1, -0.05) is 22.6 Å². The van der Waals surface area contributed by atoms with E-state index in [0.29, 0.717) is 99.1 Å². The molecule has 0 saturated heterocycles. The third kappa shape index (κ3) is 22.8. The van der Waals surface area contributed by atoms with E-state index in [0.717, 1.165) is 11.0 Å². The SMILES string of the molecule is O=C(CCOCCOCCOCCOCCOCCOCCOCCOCCOCCOCCI)Oc1c(F)c(F)c(F)c(F)c1F. The van der Waals surface area contributed by atoms with E-state index in [1.54, 1.807) is 0 Å². The van der Waals surface area contributed by atoms with Gasteiger partial charge < -0.3 is 52.1 Å². The molecular weight excluding hydrogens is 762 g/mol. The highest BCUT2D eigenvalue weighted by Crippen LogP contribution is 2.29. The van der Waals surface area contributed by atoms with Crippen LogP contribution in [0.1, 0.15) is 6.42 Å². The van der Waals surface area contributed by atoms with Gasteiger partial charge in [-0.05, 0) is 0 Å². The minimum atomic E-state index is -2.35. The fourth-order valence-corrected chi connectivity index (χ4v) is 3.44. The van der Waals surface area contributed by atoms with Crippen LogP contribution in [0, 0.1) is 29.1 Å². The number of hydrogen-bond donors (Lipinski definition) is 0. The quantitative estimate of drug-likeness (QED) is 0.0152. The Hall–Kier alpha value is -1.33. The summed E-state index contributed by atoms with van der Waals surface area (Å²) < 4.78 is 125. The first-order valence-corrected chi connectivity index (χ1v) is 16.5. The number of benzene rings is 1. The maximum absolute atomic E-state index is 13.5. The van der Waals surface area contributed by atoms with Crippen LogP contribution >= 0.6 is 22.6 Å². The lowest BCUT2D eigenvalue weighted by molar-refractivity contribution is -0.136. The van der Waals surface area contributed by atoms with Gasteiger partial charge in [-0.25, -0.2) is 13.2 Å². The van der Waals surface area contributed by atoms with Crippen LogP contribution in [-0.2, 0) is 52.2 Å². The van der Waals surface area contributed by atoms with E-state index in [1.165, 1.54) is 0 Å². The molecule has 1 rings (SSSR count). The Labute approximate surface area is 284 Å². The molecule has 1 aromatic carbocycles. The summed E-state index contributed by atoms with van der Waals surface area (Å²) in [7, 11) is 0. The van der Waals surface area contributed by atoms with Gasteiger partial charge in [0, 0.05) is 4.43 Å². The van der Waals surface area contributed by atoms with Crippen molar-refractivity contribution in [2.24, 2.45) is 0 Å². The molecule has 0 spiro atoms. The van der Waals surface area contributed by atoms with Crippen LogP contribution in [-0.4, -0.2) is 143 Å². The second-order valence-electron chi connectivity index (χ2n) is 8.94. The number of hydrogen-bond acceptors (Lipinski definition) is 12. The topological polar surface area (TPSA) is 119 Å². The Kier molecular flexibility index (Phi) is 28.5. The summed E-state index contributed by atoms with van der Waals surface area (Å²) in [6, 6.07) is 0. The number of carbonyl (C=O) groups is 1. The average Bonchev–Trinajstić information content (AvgIpc) is 3.07. The summed E-state index contributed by atoms with van der Waals surface area (Å²) in [6.45, 7) is 7.94. The Balaban J connectivity index is 1.76. The molecule has 0 saturated carbocycles. The van der Waals surface area contributed by atoms with Gasteiger partial charge in [0.25, 0.3) is 0 Å². The van der Waals surface area contributed by atoms with Crippen LogP contribution in [0.2, 0.25) is 0 Å². The summed E-state index contributed by atoms with van der Waals surface area (Å²) in [6.07, 6.45) is -0.484. The van der Waals surface area contributed by atoms with Crippen LogP contribution in [0.15, 0.2) is 0 Å². The molecule has 18 heteroatoms. The van der Waals surface area contributed by atoms with Crippen molar-refractivity contribution in [3.05, 3.63) is 29.1 Å². The molecular formula is C29H44F5IO12.